The van der Waals surface area contributed by atoms with Gasteiger partial charge in [0, 0.05) is 30.2 Å². The van der Waals surface area contributed by atoms with E-state index < -0.39 is 11.7 Å². The number of nitrogens with one attached hydrogen (secondary N) is 1. The molecule has 1 aliphatic rings. The Morgan fingerprint density at radius 3 is 2.88 bits per heavy atom. The minimum absolute atomic E-state index is 0.0587. The van der Waals surface area contributed by atoms with Crippen molar-refractivity contribution in [3.05, 3.63) is 65.2 Å². The molecule has 0 bridgehead atoms. The molecule has 0 radical (unpaired) electrons. The van der Waals surface area contributed by atoms with Crippen molar-refractivity contribution in [3.8, 4) is 0 Å². The van der Waals surface area contributed by atoms with Gasteiger partial charge in [0.15, 0.2) is 5.76 Å². The molecular weight excluding hydrogens is 323 g/mol. The number of halogens is 1. The van der Waals surface area contributed by atoms with Crippen LogP contribution in [-0.2, 0) is 6.42 Å². The van der Waals surface area contributed by atoms with Crippen molar-refractivity contribution in [2.45, 2.75) is 6.42 Å². The van der Waals surface area contributed by atoms with E-state index >= 15 is 0 Å². The monoisotopic (exact) mass is 338 g/mol. The summed E-state index contributed by atoms with van der Waals surface area (Å²) in [5, 5.41) is 3.24. The van der Waals surface area contributed by atoms with Gasteiger partial charge >= 0.3 is 0 Å². The van der Waals surface area contributed by atoms with Crippen LogP contribution in [0, 0.1) is 5.82 Å². The maximum Gasteiger partial charge on any atom is 0.291 e. The van der Waals surface area contributed by atoms with Crippen LogP contribution >= 0.6 is 0 Å². The summed E-state index contributed by atoms with van der Waals surface area (Å²) in [5.74, 6) is -0.816. The van der Waals surface area contributed by atoms with E-state index in [-0.39, 0.29) is 11.7 Å². The van der Waals surface area contributed by atoms with Crippen LogP contribution in [0.1, 0.15) is 26.5 Å². The average Bonchev–Trinajstić information content (AvgIpc) is 3.02. The number of amides is 2. The highest BCUT2D eigenvalue weighted by atomic mass is 19.1. The standard InChI is InChI=1S/C19H15FN2O3/c1-22-7-6-11-2-4-14(10-15(11)19(22)24)21-18(23)17-9-12-8-13(20)3-5-16(12)25-17/h2-5,8-10H,6-7H2,1H3,(H,21,23). The first-order valence-corrected chi connectivity index (χ1v) is 7.90. The van der Waals surface area contributed by atoms with E-state index in [1.807, 2.05) is 6.07 Å². The van der Waals surface area contributed by atoms with Gasteiger partial charge in [0.1, 0.15) is 11.4 Å². The number of benzene rings is 2. The number of carbonyl (C=O) groups is 2. The van der Waals surface area contributed by atoms with E-state index in [9.17, 15) is 14.0 Å². The molecule has 4 rings (SSSR count). The van der Waals surface area contributed by atoms with E-state index in [2.05, 4.69) is 5.32 Å². The molecule has 1 N–H and O–H groups in total. The van der Waals surface area contributed by atoms with Crippen molar-refractivity contribution in [3.63, 3.8) is 0 Å². The van der Waals surface area contributed by atoms with E-state index in [4.69, 9.17) is 4.42 Å². The number of furan rings is 1. The minimum Gasteiger partial charge on any atom is -0.451 e. The summed E-state index contributed by atoms with van der Waals surface area (Å²) in [6.45, 7) is 0.688. The van der Waals surface area contributed by atoms with E-state index in [1.54, 1.807) is 24.1 Å². The number of hydrogen-bond donors (Lipinski definition) is 1. The molecule has 5 nitrogen and oxygen atoms in total. The zero-order valence-electron chi connectivity index (χ0n) is 13.5. The van der Waals surface area contributed by atoms with Gasteiger partial charge in [-0.3, -0.25) is 9.59 Å². The third-order valence-corrected chi connectivity index (χ3v) is 4.36. The van der Waals surface area contributed by atoms with Crippen LogP contribution in [0.5, 0.6) is 0 Å². The largest absolute Gasteiger partial charge is 0.451 e. The number of carbonyl (C=O) groups excluding carboxylic acids is 2. The fraction of sp³-hybridized carbons (Fsp3) is 0.158. The Kier molecular flexibility index (Phi) is 3.53. The molecule has 1 aromatic heterocycles. The highest BCUT2D eigenvalue weighted by Gasteiger charge is 2.22. The smallest absolute Gasteiger partial charge is 0.291 e. The van der Waals surface area contributed by atoms with Gasteiger partial charge in [-0.2, -0.15) is 0 Å². The summed E-state index contributed by atoms with van der Waals surface area (Å²) >= 11 is 0. The highest BCUT2D eigenvalue weighted by molar-refractivity contribution is 6.05. The van der Waals surface area contributed by atoms with Gasteiger partial charge < -0.3 is 14.6 Å². The Bertz CT molecular complexity index is 1010. The van der Waals surface area contributed by atoms with Gasteiger partial charge in [0.25, 0.3) is 11.8 Å². The van der Waals surface area contributed by atoms with Crippen LogP contribution in [0.3, 0.4) is 0 Å². The molecule has 2 amide bonds. The normalized spacial score (nSPS) is 13.8. The molecule has 6 heteroatoms. The quantitative estimate of drug-likeness (QED) is 0.778. The molecule has 1 aliphatic heterocycles. The Morgan fingerprint density at radius 1 is 1.20 bits per heavy atom. The summed E-state index contributed by atoms with van der Waals surface area (Å²) in [6, 6.07) is 10.8. The molecular formula is C19H15FN2O3. The number of anilines is 1. The first-order chi connectivity index (χ1) is 12.0. The summed E-state index contributed by atoms with van der Waals surface area (Å²) in [6.07, 6.45) is 0.793. The minimum atomic E-state index is -0.451. The molecule has 2 aromatic carbocycles. The molecule has 0 atom stereocenters. The number of rotatable bonds is 2. The molecule has 0 spiro atoms. The van der Waals surface area contributed by atoms with E-state index in [0.717, 1.165) is 12.0 Å². The van der Waals surface area contributed by atoms with Crippen molar-refractivity contribution in [1.29, 1.82) is 0 Å². The lowest BCUT2D eigenvalue weighted by molar-refractivity contribution is 0.0780. The lowest BCUT2D eigenvalue weighted by Gasteiger charge is -2.25. The lowest BCUT2D eigenvalue weighted by atomic mass is 9.99. The first kappa shape index (κ1) is 15.4. The fourth-order valence-corrected chi connectivity index (χ4v) is 2.99. The fourth-order valence-electron chi connectivity index (χ4n) is 2.99. The number of hydrogen-bond acceptors (Lipinski definition) is 3. The zero-order valence-corrected chi connectivity index (χ0v) is 13.5. The maximum absolute atomic E-state index is 13.2. The third-order valence-electron chi connectivity index (χ3n) is 4.36. The Morgan fingerprint density at radius 2 is 2.04 bits per heavy atom. The van der Waals surface area contributed by atoms with E-state index in [1.165, 1.54) is 24.3 Å². The van der Waals surface area contributed by atoms with Crippen LogP contribution in [-0.4, -0.2) is 30.3 Å². The van der Waals surface area contributed by atoms with Crippen LogP contribution in [0.2, 0.25) is 0 Å². The second-order valence-corrected chi connectivity index (χ2v) is 6.10. The number of nitrogens with zero attached hydrogens (tertiary/aromatic N) is 1. The van der Waals surface area contributed by atoms with Crippen LogP contribution in [0.4, 0.5) is 10.1 Å². The SMILES string of the molecule is CN1CCc2ccc(NC(=O)c3cc4cc(F)ccc4o3)cc2C1=O. The highest BCUT2D eigenvalue weighted by Crippen LogP contribution is 2.24. The Hall–Kier alpha value is -3.15. The van der Waals surface area contributed by atoms with Gasteiger partial charge in [0.2, 0.25) is 0 Å². The molecule has 0 saturated heterocycles. The Balaban J connectivity index is 1.61. The average molecular weight is 338 g/mol. The van der Waals surface area contributed by atoms with Crippen molar-refractivity contribution in [2.75, 3.05) is 18.9 Å². The molecule has 25 heavy (non-hydrogen) atoms. The molecule has 3 aromatic rings. The lowest BCUT2D eigenvalue weighted by Crippen LogP contribution is -2.34. The van der Waals surface area contributed by atoms with Gasteiger partial charge in [-0.1, -0.05) is 6.07 Å². The molecule has 0 aliphatic carbocycles. The second-order valence-electron chi connectivity index (χ2n) is 6.10. The topological polar surface area (TPSA) is 62.6 Å². The molecule has 126 valence electrons. The van der Waals surface area contributed by atoms with Crippen LogP contribution in [0.25, 0.3) is 11.0 Å². The van der Waals surface area contributed by atoms with E-state index in [0.29, 0.717) is 28.8 Å². The van der Waals surface area contributed by atoms with Crippen molar-refractivity contribution in [2.24, 2.45) is 0 Å². The van der Waals surface area contributed by atoms with Gasteiger partial charge in [-0.15, -0.1) is 0 Å². The number of fused-ring (bicyclic) bond motifs is 2. The Labute approximate surface area is 143 Å². The van der Waals surface area contributed by atoms with Gasteiger partial charge in [0.05, 0.1) is 0 Å². The third kappa shape index (κ3) is 2.76. The van der Waals surface area contributed by atoms with Crippen molar-refractivity contribution >= 4 is 28.5 Å². The predicted octanol–water partition coefficient (Wildman–Crippen LogP) is 3.45. The van der Waals surface area contributed by atoms with Crippen LogP contribution < -0.4 is 5.32 Å². The number of likely N-dealkylation sites (N-methyl/N-ethyl adjacent to an activating group) is 1. The second kappa shape index (κ2) is 5.73. The molecule has 0 saturated carbocycles. The first-order valence-electron chi connectivity index (χ1n) is 7.90. The summed E-state index contributed by atoms with van der Waals surface area (Å²) in [4.78, 5) is 26.3. The van der Waals surface area contributed by atoms with Gasteiger partial charge in [-0.25, -0.2) is 4.39 Å². The molecule has 0 fully saturated rings. The van der Waals surface area contributed by atoms with Crippen LogP contribution in [0.15, 0.2) is 46.9 Å². The molecule has 0 unspecified atom stereocenters. The summed E-state index contributed by atoms with van der Waals surface area (Å²) in [5.41, 5.74) is 2.52. The summed E-state index contributed by atoms with van der Waals surface area (Å²) < 4.78 is 18.7. The summed E-state index contributed by atoms with van der Waals surface area (Å²) in [7, 11) is 1.75. The maximum atomic E-state index is 13.2. The molecule has 2 heterocycles. The van der Waals surface area contributed by atoms with Crippen molar-refractivity contribution < 1.29 is 18.4 Å². The van der Waals surface area contributed by atoms with Gasteiger partial charge in [-0.05, 0) is 48.4 Å². The predicted molar refractivity (Wildman–Crippen MR) is 91.2 cm³/mol. The van der Waals surface area contributed by atoms with Crippen molar-refractivity contribution in [1.82, 2.24) is 4.90 Å². The zero-order chi connectivity index (χ0) is 17.6.